The van der Waals surface area contributed by atoms with Crippen LogP contribution in [0.2, 0.25) is 5.02 Å². The van der Waals surface area contributed by atoms with Gasteiger partial charge < -0.3 is 21.5 Å². The summed E-state index contributed by atoms with van der Waals surface area (Å²) >= 11 is 5.70. The Morgan fingerprint density at radius 2 is 1.67 bits per heavy atom. The van der Waals surface area contributed by atoms with Gasteiger partial charge in [-0.2, -0.15) is 0 Å². The first-order chi connectivity index (χ1) is 15.8. The van der Waals surface area contributed by atoms with Crippen LogP contribution in [0.1, 0.15) is 43.1 Å². The molecular weight excluding hydrogens is 444 g/mol. The number of primary amides is 1. The van der Waals surface area contributed by atoms with Crippen molar-refractivity contribution in [3.05, 3.63) is 94.3 Å². The fourth-order valence-corrected chi connectivity index (χ4v) is 3.35. The van der Waals surface area contributed by atoms with Gasteiger partial charge in [-0.05, 0) is 55.4 Å². The summed E-state index contributed by atoms with van der Waals surface area (Å²) in [4.78, 5) is 38.6. The highest BCUT2D eigenvalue weighted by Crippen LogP contribution is 2.24. The molecule has 0 saturated carbocycles. The number of ketones is 1. The average molecular weight is 467 g/mol. The molecule has 4 rings (SSSR count). The molecule has 8 nitrogen and oxygen atoms in total. The number of aromatic nitrogens is 1. The third-order valence-electron chi connectivity index (χ3n) is 4.97. The van der Waals surface area contributed by atoms with Crippen LogP contribution in [0.15, 0.2) is 67.0 Å². The Kier molecular flexibility index (Phi) is 8.12. The Balaban J connectivity index is 0.000000194. The minimum absolute atomic E-state index is 0.0129. The average Bonchev–Trinajstić information content (AvgIpc) is 3.33. The molecule has 170 valence electrons. The number of aromatic hydroxyl groups is 1. The van der Waals surface area contributed by atoms with Crippen molar-refractivity contribution in [1.29, 1.82) is 0 Å². The number of rotatable bonds is 5. The van der Waals surface area contributed by atoms with E-state index in [2.05, 4.69) is 15.6 Å². The predicted octanol–water partition coefficient (Wildman–Crippen LogP) is 2.55. The highest BCUT2D eigenvalue weighted by Gasteiger charge is 2.17. The van der Waals surface area contributed by atoms with Crippen molar-refractivity contribution in [3.63, 3.8) is 0 Å². The summed E-state index contributed by atoms with van der Waals surface area (Å²) < 4.78 is 0. The fourth-order valence-electron chi connectivity index (χ4n) is 3.19. The van der Waals surface area contributed by atoms with Gasteiger partial charge in [-0.1, -0.05) is 23.7 Å². The predicted molar refractivity (Wildman–Crippen MR) is 124 cm³/mol. The molecule has 1 atom stereocenters. The van der Waals surface area contributed by atoms with Gasteiger partial charge in [0.05, 0.1) is 5.56 Å². The molecule has 2 amide bonds. The van der Waals surface area contributed by atoms with Crippen LogP contribution in [-0.2, 0) is 0 Å². The van der Waals surface area contributed by atoms with Crippen molar-refractivity contribution in [2.24, 2.45) is 5.73 Å². The zero-order valence-electron chi connectivity index (χ0n) is 17.6. The summed E-state index contributed by atoms with van der Waals surface area (Å²) in [5.74, 6) is -1.11. The lowest BCUT2D eigenvalue weighted by atomic mass is 10.0. The number of hydrogen-bond acceptors (Lipinski definition) is 6. The van der Waals surface area contributed by atoms with Crippen LogP contribution in [0.4, 0.5) is 0 Å². The Hall–Kier alpha value is -3.75. The molecule has 0 spiro atoms. The number of halogens is 1. The second-order valence-electron chi connectivity index (χ2n) is 7.33. The fraction of sp³-hybridized carbons (Fsp3) is 0.167. The number of nitrogens with one attached hydrogen (secondary N) is 2. The van der Waals surface area contributed by atoms with E-state index in [9.17, 15) is 19.5 Å². The van der Waals surface area contributed by atoms with E-state index in [-0.39, 0.29) is 29.0 Å². The lowest BCUT2D eigenvalue weighted by Gasteiger charge is -2.10. The molecule has 1 fully saturated rings. The van der Waals surface area contributed by atoms with Crippen LogP contribution in [-0.4, -0.2) is 46.8 Å². The van der Waals surface area contributed by atoms with E-state index < -0.39 is 5.91 Å². The highest BCUT2D eigenvalue weighted by molar-refractivity contribution is 6.31. The molecule has 2 heterocycles. The number of phenols is 1. The van der Waals surface area contributed by atoms with Gasteiger partial charge in [-0.25, -0.2) is 0 Å². The molecule has 0 aliphatic carbocycles. The maximum Gasteiger partial charge on any atom is 0.251 e. The van der Waals surface area contributed by atoms with Gasteiger partial charge in [0.15, 0.2) is 5.78 Å². The molecule has 1 aliphatic heterocycles. The third kappa shape index (κ3) is 6.61. The minimum atomic E-state index is -0.562. The molecule has 9 heteroatoms. The summed E-state index contributed by atoms with van der Waals surface area (Å²) in [5, 5.41) is 16.2. The second kappa shape index (κ2) is 11.2. The molecule has 1 aliphatic rings. The Bertz CT molecular complexity index is 1130. The van der Waals surface area contributed by atoms with E-state index in [0.29, 0.717) is 21.7 Å². The summed E-state index contributed by atoms with van der Waals surface area (Å²) in [6.45, 7) is 1.86. The highest BCUT2D eigenvalue weighted by atomic mass is 35.5. The first kappa shape index (κ1) is 23.9. The van der Waals surface area contributed by atoms with Gasteiger partial charge in [-0.3, -0.25) is 19.4 Å². The minimum Gasteiger partial charge on any atom is -0.507 e. The number of hydrogen-bond donors (Lipinski definition) is 4. The van der Waals surface area contributed by atoms with Gasteiger partial charge in [0.25, 0.3) is 5.91 Å². The molecule has 1 unspecified atom stereocenters. The van der Waals surface area contributed by atoms with Crippen molar-refractivity contribution in [3.8, 4) is 5.75 Å². The van der Waals surface area contributed by atoms with E-state index in [1.165, 1.54) is 42.5 Å². The smallest absolute Gasteiger partial charge is 0.251 e. The number of amides is 2. The van der Waals surface area contributed by atoms with Crippen molar-refractivity contribution in [2.45, 2.75) is 12.5 Å². The maximum atomic E-state index is 12.1. The molecular formula is C24H23ClN4O4. The molecule has 5 N–H and O–H groups in total. The van der Waals surface area contributed by atoms with E-state index in [1.807, 2.05) is 0 Å². The van der Waals surface area contributed by atoms with Crippen LogP contribution >= 0.6 is 11.6 Å². The Labute approximate surface area is 195 Å². The number of pyridine rings is 1. The molecule has 1 aromatic heterocycles. The molecule has 1 saturated heterocycles. The third-order valence-corrected chi connectivity index (χ3v) is 5.21. The van der Waals surface area contributed by atoms with E-state index in [0.717, 1.165) is 19.5 Å². The lowest BCUT2D eigenvalue weighted by molar-refractivity contribution is 0.0938. The summed E-state index contributed by atoms with van der Waals surface area (Å²) in [6.07, 6.45) is 4.26. The monoisotopic (exact) mass is 466 g/mol. The van der Waals surface area contributed by atoms with Crippen LogP contribution in [0, 0.1) is 0 Å². The van der Waals surface area contributed by atoms with Gasteiger partial charge >= 0.3 is 0 Å². The zero-order valence-corrected chi connectivity index (χ0v) is 18.4. The van der Waals surface area contributed by atoms with E-state index in [4.69, 9.17) is 17.3 Å². The Morgan fingerprint density at radius 1 is 1.00 bits per heavy atom. The van der Waals surface area contributed by atoms with Crippen molar-refractivity contribution >= 4 is 29.2 Å². The van der Waals surface area contributed by atoms with Crippen LogP contribution < -0.4 is 16.4 Å². The maximum absolute atomic E-state index is 12.1. The molecule has 0 bridgehead atoms. The number of carbonyl (C=O) groups excluding carboxylic acids is 3. The lowest BCUT2D eigenvalue weighted by Crippen LogP contribution is -2.36. The Morgan fingerprint density at radius 3 is 2.24 bits per heavy atom. The molecule has 2 aromatic carbocycles. The van der Waals surface area contributed by atoms with E-state index >= 15 is 0 Å². The first-order valence-electron chi connectivity index (χ1n) is 10.2. The number of phenolic OH excluding ortho intramolecular Hbond substituents is 1. The van der Waals surface area contributed by atoms with Gasteiger partial charge in [0.1, 0.15) is 5.75 Å². The molecule has 0 radical (unpaired) electrons. The first-order valence-corrected chi connectivity index (χ1v) is 10.6. The van der Waals surface area contributed by atoms with Crippen LogP contribution in [0.5, 0.6) is 5.75 Å². The van der Waals surface area contributed by atoms with Gasteiger partial charge in [0.2, 0.25) is 5.91 Å². The van der Waals surface area contributed by atoms with Crippen LogP contribution in [0.3, 0.4) is 0 Å². The van der Waals surface area contributed by atoms with Crippen molar-refractivity contribution in [1.82, 2.24) is 15.6 Å². The van der Waals surface area contributed by atoms with Gasteiger partial charge in [-0.15, -0.1) is 0 Å². The number of nitrogens with zero attached hydrogens (tertiary/aromatic N) is 1. The standard InChI is InChI=1S/C14H10ClNO3.C10H13N3O/c15-10-5-6-11(12(17)7-10)13(18)8-1-3-9(4-2-8)14(16)19;14-10(8-1-4-11-5-2-8)13-9-3-6-12-7-9/h1-7,17H,(H2,16,19);1-2,4-5,9,12H,3,6-7H2,(H,13,14). The molecule has 33 heavy (non-hydrogen) atoms. The zero-order chi connectivity index (χ0) is 23.8. The second-order valence-corrected chi connectivity index (χ2v) is 7.77. The number of carbonyl (C=O) groups is 3. The van der Waals surface area contributed by atoms with Gasteiger partial charge in [0, 0.05) is 46.7 Å². The largest absolute Gasteiger partial charge is 0.507 e. The summed E-state index contributed by atoms with van der Waals surface area (Å²) in [7, 11) is 0. The normalized spacial score (nSPS) is 14.6. The van der Waals surface area contributed by atoms with E-state index in [1.54, 1.807) is 24.5 Å². The van der Waals surface area contributed by atoms with Crippen LogP contribution in [0.25, 0.3) is 0 Å². The van der Waals surface area contributed by atoms with Crippen molar-refractivity contribution in [2.75, 3.05) is 13.1 Å². The topological polar surface area (TPSA) is 134 Å². The quantitative estimate of drug-likeness (QED) is 0.427. The van der Waals surface area contributed by atoms with Crippen molar-refractivity contribution < 1.29 is 19.5 Å². The number of benzene rings is 2. The molecule has 3 aromatic rings. The SMILES string of the molecule is NC(=O)c1ccc(C(=O)c2ccc(Cl)cc2O)cc1.O=C(NC1CCNC1)c1ccncc1. The number of nitrogens with two attached hydrogens (primary N) is 1. The summed E-state index contributed by atoms with van der Waals surface area (Å²) in [6, 6.07) is 13.9. The summed E-state index contributed by atoms with van der Waals surface area (Å²) in [5.41, 5.74) is 6.60.